The minimum Gasteiger partial charge on any atom is -0.462 e. The zero-order valence-electron chi connectivity index (χ0n) is 62.8. The van der Waals surface area contributed by atoms with Gasteiger partial charge in [-0.25, -0.2) is 9.13 Å². The number of aliphatic hydroxyl groups excluding tert-OH is 1. The first-order chi connectivity index (χ1) is 48.7. The highest BCUT2D eigenvalue weighted by molar-refractivity contribution is 7.47. The van der Waals surface area contributed by atoms with Gasteiger partial charge in [0.25, 0.3) is 0 Å². The molecule has 5 atom stereocenters. The van der Waals surface area contributed by atoms with Crippen molar-refractivity contribution in [1.29, 1.82) is 0 Å². The number of hydrogen-bond donors (Lipinski definition) is 3. The molecule has 0 aliphatic carbocycles. The zero-order valence-corrected chi connectivity index (χ0v) is 64.6. The summed E-state index contributed by atoms with van der Waals surface area (Å²) in [6, 6.07) is 0. The third-order valence-corrected chi connectivity index (χ3v) is 18.1. The minimum atomic E-state index is -4.99. The maximum atomic E-state index is 13.1. The molecule has 576 valence electrons. The van der Waals surface area contributed by atoms with E-state index in [1.165, 1.54) is 89.9 Å². The number of phosphoric ester groups is 2. The van der Waals surface area contributed by atoms with Gasteiger partial charge in [0.15, 0.2) is 12.2 Å². The molecular weight excluding hydrogens is 1310 g/mol. The molecule has 0 amide bonds. The molecule has 0 radical (unpaired) electrons. The Morgan fingerprint density at radius 3 is 0.880 bits per heavy atom. The summed E-state index contributed by atoms with van der Waals surface area (Å²) in [5.41, 5.74) is 0. The lowest BCUT2D eigenvalue weighted by molar-refractivity contribution is -0.161. The quantitative estimate of drug-likeness (QED) is 0.0128. The van der Waals surface area contributed by atoms with Crippen molar-refractivity contribution in [3.8, 4) is 0 Å². The lowest BCUT2D eigenvalue weighted by Gasteiger charge is -2.21. The van der Waals surface area contributed by atoms with E-state index in [2.05, 4.69) is 125 Å². The Labute approximate surface area is 607 Å². The van der Waals surface area contributed by atoms with Gasteiger partial charge in [-0.05, 0) is 148 Å². The van der Waals surface area contributed by atoms with Crippen molar-refractivity contribution < 1.29 is 80.2 Å². The molecule has 0 spiro atoms. The lowest BCUT2D eigenvalue weighted by atomic mass is 10.1. The van der Waals surface area contributed by atoms with Gasteiger partial charge in [-0.15, -0.1) is 0 Å². The number of hydrogen-bond acceptors (Lipinski definition) is 15. The van der Waals surface area contributed by atoms with Crippen LogP contribution in [-0.4, -0.2) is 96.7 Å². The first-order valence-corrected chi connectivity index (χ1v) is 42.1. The third kappa shape index (κ3) is 72.1. The summed E-state index contributed by atoms with van der Waals surface area (Å²) in [6.45, 7) is 4.69. The van der Waals surface area contributed by atoms with E-state index < -0.39 is 97.5 Å². The van der Waals surface area contributed by atoms with Crippen LogP contribution in [0.4, 0.5) is 0 Å². The second-order valence-corrected chi connectivity index (χ2v) is 28.9. The number of allylic oxidation sites excluding steroid dienone is 18. The molecule has 0 rings (SSSR count). The largest absolute Gasteiger partial charge is 0.472 e. The smallest absolute Gasteiger partial charge is 0.462 e. The van der Waals surface area contributed by atoms with Crippen molar-refractivity contribution in [2.24, 2.45) is 0 Å². The molecule has 0 aromatic carbocycles. The van der Waals surface area contributed by atoms with Crippen LogP contribution in [0.3, 0.4) is 0 Å². The highest BCUT2D eigenvalue weighted by Gasteiger charge is 2.30. The van der Waals surface area contributed by atoms with Crippen molar-refractivity contribution >= 4 is 39.5 Å². The molecule has 3 N–H and O–H groups in total. The van der Waals surface area contributed by atoms with E-state index in [0.29, 0.717) is 32.1 Å². The van der Waals surface area contributed by atoms with Crippen molar-refractivity contribution in [1.82, 2.24) is 0 Å². The van der Waals surface area contributed by atoms with Gasteiger partial charge in [0, 0.05) is 25.7 Å². The Hall–Kier alpha value is -4.28. The first kappa shape index (κ1) is 95.7. The summed E-state index contributed by atoms with van der Waals surface area (Å²) in [7, 11) is -9.98. The molecule has 100 heavy (non-hydrogen) atoms. The van der Waals surface area contributed by atoms with Crippen LogP contribution in [0.2, 0.25) is 0 Å². The van der Waals surface area contributed by atoms with Gasteiger partial charge in [0.2, 0.25) is 0 Å². The molecule has 2 unspecified atom stereocenters. The van der Waals surface area contributed by atoms with Crippen LogP contribution < -0.4 is 0 Å². The average molecular weight is 1450 g/mol. The lowest BCUT2D eigenvalue weighted by Crippen LogP contribution is -2.30. The molecule has 17 nitrogen and oxygen atoms in total. The summed E-state index contributed by atoms with van der Waals surface area (Å²) < 4.78 is 68.4. The Morgan fingerprint density at radius 1 is 0.290 bits per heavy atom. The van der Waals surface area contributed by atoms with Crippen LogP contribution in [0.25, 0.3) is 0 Å². The fourth-order valence-corrected chi connectivity index (χ4v) is 11.7. The Morgan fingerprint density at radius 2 is 0.530 bits per heavy atom. The third-order valence-electron chi connectivity index (χ3n) is 16.2. The number of unbranched alkanes of at least 4 members (excludes halogenated alkanes) is 30. The van der Waals surface area contributed by atoms with Gasteiger partial charge in [0.1, 0.15) is 19.3 Å². The SMILES string of the molecule is CCCCC/C=C\C/C=C\C/C=C\C/C=C\CCCC(=O)O[C@H](COC(=O)CCCCCCC/C=C\C/C=C\CCCCC)COP(=O)(O)OC[C@H](O)COP(=O)(O)OC[C@@H](COC(=O)CCCCCCC/C=C\CCCCCC)OC(=O)CCCCCCC/C=C\C=C/CCCCCC. The van der Waals surface area contributed by atoms with Crippen molar-refractivity contribution in [2.45, 2.75) is 341 Å². The Kier molecular flexibility index (Phi) is 69.9. The standard InChI is InChI=1S/C81H140O17P2/c1-5-9-13-17-21-25-29-33-36-37-40-44-48-52-56-60-64-68-81(86)98-77(72-92-79(84)66-62-58-54-50-46-42-38-34-30-26-22-18-14-10-6-2)74-96-100(89,90)94-70-75(82)69-93-99(87,88)95-73-76(71-91-78(83)65-61-57-53-49-45-41-32-28-24-20-16-12-8-4)97-80(85)67-63-59-55-51-47-43-39-35-31-27-23-19-15-11-7-3/h21-22,25-28,31-36,38-40,44,52,56,75-77,82H,5-20,23-24,29-30,37,41-43,45-51,53-55,57-74H2,1-4H3,(H,87,88)(H,89,90)/b25-21-,26-22-,31-27-,32-28-,36-33-,38-34-,39-35-,44-40-,56-52-/t75-,76-,77-/m1/s1. The van der Waals surface area contributed by atoms with E-state index in [0.717, 1.165) is 148 Å². The molecule has 19 heteroatoms. The second-order valence-electron chi connectivity index (χ2n) is 26.0. The summed E-state index contributed by atoms with van der Waals surface area (Å²) in [6.07, 6.45) is 77.9. The van der Waals surface area contributed by atoms with Crippen LogP contribution in [0.5, 0.6) is 0 Å². The second kappa shape index (κ2) is 73.0. The Balaban J connectivity index is 5.44. The number of rotatable bonds is 73. The molecule has 0 aliphatic rings. The molecule has 0 fully saturated rings. The highest BCUT2D eigenvalue weighted by atomic mass is 31.2. The van der Waals surface area contributed by atoms with Crippen molar-refractivity contribution in [2.75, 3.05) is 39.6 Å². The summed E-state index contributed by atoms with van der Waals surface area (Å²) in [5, 5.41) is 10.6. The van der Waals surface area contributed by atoms with Crippen LogP contribution >= 0.6 is 15.6 Å². The molecule has 0 aromatic heterocycles. The van der Waals surface area contributed by atoms with Crippen LogP contribution in [-0.2, 0) is 65.4 Å². The number of aliphatic hydroxyl groups is 1. The van der Waals surface area contributed by atoms with Gasteiger partial charge in [-0.1, -0.05) is 259 Å². The number of ether oxygens (including phenoxy) is 4. The van der Waals surface area contributed by atoms with Crippen LogP contribution in [0.1, 0.15) is 323 Å². The van der Waals surface area contributed by atoms with Crippen molar-refractivity contribution in [3.63, 3.8) is 0 Å². The minimum absolute atomic E-state index is 0.0146. The van der Waals surface area contributed by atoms with Gasteiger partial charge in [0.05, 0.1) is 26.4 Å². The van der Waals surface area contributed by atoms with E-state index in [9.17, 15) is 43.2 Å². The fraction of sp³-hybridized carbons (Fsp3) is 0.728. The molecule has 0 saturated heterocycles. The first-order valence-electron chi connectivity index (χ1n) is 39.1. The predicted molar refractivity (Wildman–Crippen MR) is 408 cm³/mol. The van der Waals surface area contributed by atoms with Crippen LogP contribution in [0, 0.1) is 0 Å². The predicted octanol–water partition coefficient (Wildman–Crippen LogP) is 22.6. The maximum absolute atomic E-state index is 13.1. The molecule has 0 heterocycles. The van der Waals surface area contributed by atoms with Gasteiger partial charge in [-0.3, -0.25) is 37.3 Å². The topological polar surface area (TPSA) is 237 Å². The normalized spacial score (nSPS) is 14.5. The Bertz CT molecular complexity index is 2320. The summed E-state index contributed by atoms with van der Waals surface area (Å²) in [5.74, 6) is -2.28. The molecule has 0 bridgehead atoms. The van der Waals surface area contributed by atoms with Gasteiger partial charge in [-0.2, -0.15) is 0 Å². The molecule has 0 aromatic rings. The maximum Gasteiger partial charge on any atom is 0.472 e. The monoisotopic (exact) mass is 1450 g/mol. The number of carbonyl (C=O) groups is 4. The molecule has 0 aliphatic heterocycles. The van der Waals surface area contributed by atoms with E-state index in [1.54, 1.807) is 0 Å². The van der Waals surface area contributed by atoms with E-state index in [4.69, 9.17) is 37.0 Å². The van der Waals surface area contributed by atoms with E-state index in [1.807, 2.05) is 12.2 Å². The number of carbonyl (C=O) groups excluding carboxylic acids is 4. The number of phosphoric acid groups is 2. The van der Waals surface area contributed by atoms with Gasteiger partial charge < -0.3 is 33.8 Å². The van der Waals surface area contributed by atoms with E-state index >= 15 is 0 Å². The van der Waals surface area contributed by atoms with E-state index in [-0.39, 0.29) is 25.7 Å². The molecular formula is C81H140O17P2. The zero-order chi connectivity index (χ0) is 73.2. The van der Waals surface area contributed by atoms with Crippen LogP contribution in [0.15, 0.2) is 109 Å². The van der Waals surface area contributed by atoms with Crippen molar-refractivity contribution in [3.05, 3.63) is 109 Å². The average Bonchev–Trinajstić information content (AvgIpc) is 1.22. The summed E-state index contributed by atoms with van der Waals surface area (Å²) >= 11 is 0. The van der Waals surface area contributed by atoms with Gasteiger partial charge >= 0.3 is 39.5 Å². The fourth-order valence-electron chi connectivity index (χ4n) is 10.2. The highest BCUT2D eigenvalue weighted by Crippen LogP contribution is 2.45. The summed E-state index contributed by atoms with van der Waals surface area (Å²) in [4.78, 5) is 72.9. The number of esters is 4. The molecule has 0 saturated carbocycles.